The number of rotatable bonds is 2. The van der Waals surface area contributed by atoms with Crippen LogP contribution in [0.2, 0.25) is 0 Å². The van der Waals surface area contributed by atoms with E-state index in [1.54, 1.807) is 0 Å². The van der Waals surface area contributed by atoms with Crippen LogP contribution in [0.5, 0.6) is 0 Å². The van der Waals surface area contributed by atoms with E-state index in [0.29, 0.717) is 5.69 Å². The Hall–Kier alpha value is -2.56. The molecule has 0 fully saturated rings. The second kappa shape index (κ2) is 4.85. The third-order valence-corrected chi connectivity index (χ3v) is 3.70. The Bertz CT molecular complexity index is 740. The number of hydrazone groups is 1. The van der Waals surface area contributed by atoms with Gasteiger partial charge in [-0.3, -0.25) is 4.79 Å². The second-order valence-corrected chi connectivity index (χ2v) is 4.82. The summed E-state index contributed by atoms with van der Waals surface area (Å²) < 4.78 is 1.94. The maximum Gasteiger partial charge on any atom is 0.273 e. The number of hydrogen-bond acceptors (Lipinski definition) is 3. The fourth-order valence-corrected chi connectivity index (χ4v) is 2.88. The molecule has 0 atom stereocenters. The summed E-state index contributed by atoms with van der Waals surface area (Å²) in [5.41, 5.74) is 4.00. The number of nitrogens with two attached hydrogens (primary N) is 1. The van der Waals surface area contributed by atoms with Crippen LogP contribution in [0.25, 0.3) is 17.0 Å². The molecule has 0 unspecified atom stereocenters. The van der Waals surface area contributed by atoms with Gasteiger partial charge in [0.05, 0.1) is 0 Å². The lowest BCUT2D eigenvalue weighted by Gasteiger charge is -2.05. The minimum atomic E-state index is -0.180. The van der Waals surface area contributed by atoms with Gasteiger partial charge in [0.15, 0.2) is 0 Å². The zero-order valence-electron chi connectivity index (χ0n) is 11.3. The lowest BCUT2D eigenvalue weighted by atomic mass is 10.0. The van der Waals surface area contributed by atoms with E-state index in [1.807, 2.05) is 23.7 Å². The van der Waals surface area contributed by atoms with Crippen LogP contribution < -0.4 is 11.2 Å². The van der Waals surface area contributed by atoms with Crippen LogP contribution in [0.1, 0.15) is 28.0 Å². The molecule has 1 heterocycles. The number of nitrogens with zero attached hydrogens (tertiary/aromatic N) is 2. The Balaban J connectivity index is 2.26. The minimum Gasteiger partial charge on any atom is -0.339 e. The predicted molar refractivity (Wildman–Crippen MR) is 80.4 cm³/mol. The number of hydrogen-bond donors (Lipinski definition) is 2. The summed E-state index contributed by atoms with van der Waals surface area (Å²) in [6.07, 6.45) is 7.27. The molecule has 1 amide bonds. The Labute approximate surface area is 116 Å². The molecule has 1 aromatic carbocycles. The number of aryl methyl sites for hydroxylation is 2. The molecule has 102 valence electrons. The molecule has 0 saturated heterocycles. The number of allylic oxidation sites excluding steroid dienone is 1. The van der Waals surface area contributed by atoms with Crippen molar-refractivity contribution in [3.63, 3.8) is 0 Å². The number of benzene rings is 1. The Morgan fingerprint density at radius 2 is 2.35 bits per heavy atom. The molecular weight excluding hydrogens is 252 g/mol. The van der Waals surface area contributed by atoms with Gasteiger partial charge < -0.3 is 15.7 Å². The largest absolute Gasteiger partial charge is 0.339 e. The van der Waals surface area contributed by atoms with Gasteiger partial charge in [0, 0.05) is 18.0 Å². The first kappa shape index (κ1) is 12.5. The molecule has 1 aromatic heterocycles. The molecular formula is C15H16N4O. The van der Waals surface area contributed by atoms with Crippen molar-refractivity contribution >= 4 is 29.2 Å². The molecule has 2 aromatic rings. The Morgan fingerprint density at radius 1 is 1.50 bits per heavy atom. The molecule has 0 aliphatic heterocycles. The van der Waals surface area contributed by atoms with Crippen molar-refractivity contribution < 1.29 is 4.79 Å². The summed E-state index contributed by atoms with van der Waals surface area (Å²) in [5.74, 6) is 4.86. The lowest BCUT2D eigenvalue weighted by Crippen LogP contribution is -2.25. The Morgan fingerprint density at radius 3 is 3.15 bits per heavy atom. The van der Waals surface area contributed by atoms with Crippen LogP contribution in [0.3, 0.4) is 0 Å². The van der Waals surface area contributed by atoms with E-state index < -0.39 is 0 Å². The van der Waals surface area contributed by atoms with Gasteiger partial charge in [-0.05, 0) is 30.0 Å². The quantitative estimate of drug-likeness (QED) is 0.377. The van der Waals surface area contributed by atoms with E-state index in [1.165, 1.54) is 11.7 Å². The molecule has 3 N–H and O–H groups in total. The zero-order valence-corrected chi connectivity index (χ0v) is 11.3. The van der Waals surface area contributed by atoms with Gasteiger partial charge in [-0.25, -0.2) is 0 Å². The molecule has 0 bridgehead atoms. The van der Waals surface area contributed by atoms with Crippen LogP contribution in [0.15, 0.2) is 29.4 Å². The maximum atomic E-state index is 12.3. The second-order valence-electron chi connectivity index (χ2n) is 4.82. The van der Waals surface area contributed by atoms with E-state index in [4.69, 9.17) is 5.84 Å². The van der Waals surface area contributed by atoms with Gasteiger partial charge >= 0.3 is 0 Å². The van der Waals surface area contributed by atoms with Crippen molar-refractivity contribution in [3.05, 3.63) is 41.1 Å². The molecule has 0 spiro atoms. The van der Waals surface area contributed by atoms with Gasteiger partial charge in [0.1, 0.15) is 12.0 Å². The number of carbonyl (C=O) groups excluding carboxylic acids is 1. The summed E-state index contributed by atoms with van der Waals surface area (Å²) in [7, 11) is 1.91. The summed E-state index contributed by atoms with van der Waals surface area (Å²) in [5, 5.41) is 7.07. The van der Waals surface area contributed by atoms with Crippen molar-refractivity contribution in [2.75, 3.05) is 0 Å². The third kappa shape index (κ3) is 1.79. The Kier molecular flexibility index (Phi) is 3.02. The maximum absolute atomic E-state index is 12.3. The summed E-state index contributed by atoms with van der Waals surface area (Å²) in [6, 6.07) is 6.13. The summed E-state index contributed by atoms with van der Waals surface area (Å²) >= 11 is 0. The molecule has 1 aliphatic carbocycles. The fraction of sp³-hybridized carbons (Fsp3) is 0.200. The molecule has 0 saturated carbocycles. The van der Waals surface area contributed by atoms with Gasteiger partial charge in [-0.2, -0.15) is 5.10 Å². The van der Waals surface area contributed by atoms with Crippen LogP contribution in [-0.4, -0.2) is 16.8 Å². The smallest absolute Gasteiger partial charge is 0.273 e. The highest BCUT2D eigenvalue weighted by molar-refractivity contribution is 6.07. The number of aromatic nitrogens is 1. The average Bonchev–Trinajstić information content (AvgIpc) is 2.62. The van der Waals surface area contributed by atoms with Gasteiger partial charge in [-0.15, -0.1) is 0 Å². The normalized spacial score (nSPS) is 13.8. The monoisotopic (exact) mass is 268 g/mol. The topological polar surface area (TPSA) is 72.4 Å². The number of nitrogens with one attached hydrogen (secondary N) is 1. The lowest BCUT2D eigenvalue weighted by molar-refractivity contribution is 0.0970. The standard InChI is InChI=1S/C15H16N4O/c1-19-12-8-4-6-10-5-2-3-7-11(13(10)12)14(19)15(20)17-9-18-16/h2,4-6,8-9H,3,7,16H2,1H3,(H,17,18,20). The van der Waals surface area contributed by atoms with Gasteiger partial charge in [-0.1, -0.05) is 24.3 Å². The number of amides is 1. The van der Waals surface area contributed by atoms with Crippen LogP contribution in [0.4, 0.5) is 0 Å². The van der Waals surface area contributed by atoms with E-state index in [0.717, 1.165) is 29.5 Å². The first-order valence-corrected chi connectivity index (χ1v) is 6.53. The molecule has 5 nitrogen and oxygen atoms in total. The SMILES string of the molecule is Cn1c(C(=O)NC=NN)c2c3c(cccc31)C=CCC2. The zero-order chi connectivity index (χ0) is 14.1. The molecule has 5 heteroatoms. The van der Waals surface area contributed by atoms with Crippen molar-refractivity contribution in [2.24, 2.45) is 18.0 Å². The van der Waals surface area contributed by atoms with Crippen LogP contribution in [0, 0.1) is 0 Å². The number of carbonyl (C=O) groups is 1. The highest BCUT2D eigenvalue weighted by Crippen LogP contribution is 2.32. The average molecular weight is 268 g/mol. The van der Waals surface area contributed by atoms with Crippen LogP contribution in [-0.2, 0) is 13.5 Å². The van der Waals surface area contributed by atoms with E-state index in [-0.39, 0.29) is 5.91 Å². The van der Waals surface area contributed by atoms with Crippen molar-refractivity contribution in [1.82, 2.24) is 9.88 Å². The van der Waals surface area contributed by atoms with Crippen LogP contribution >= 0.6 is 0 Å². The van der Waals surface area contributed by atoms with E-state index in [9.17, 15) is 4.79 Å². The van der Waals surface area contributed by atoms with Gasteiger partial charge in [0.25, 0.3) is 5.91 Å². The van der Waals surface area contributed by atoms with E-state index in [2.05, 4.69) is 28.6 Å². The van der Waals surface area contributed by atoms with Gasteiger partial charge in [0.2, 0.25) is 0 Å². The van der Waals surface area contributed by atoms with Crippen molar-refractivity contribution in [1.29, 1.82) is 0 Å². The first-order chi connectivity index (χ1) is 9.74. The summed E-state index contributed by atoms with van der Waals surface area (Å²) in [4.78, 5) is 12.3. The highest BCUT2D eigenvalue weighted by Gasteiger charge is 2.22. The minimum absolute atomic E-state index is 0.180. The molecule has 1 aliphatic rings. The molecule has 20 heavy (non-hydrogen) atoms. The third-order valence-electron chi connectivity index (χ3n) is 3.70. The highest BCUT2D eigenvalue weighted by atomic mass is 16.1. The molecule has 0 radical (unpaired) electrons. The predicted octanol–water partition coefficient (Wildman–Crippen LogP) is 1.77. The summed E-state index contributed by atoms with van der Waals surface area (Å²) in [6.45, 7) is 0. The fourth-order valence-electron chi connectivity index (χ4n) is 2.88. The van der Waals surface area contributed by atoms with Crippen molar-refractivity contribution in [2.45, 2.75) is 12.8 Å². The van der Waals surface area contributed by atoms with E-state index >= 15 is 0 Å². The van der Waals surface area contributed by atoms with Crippen molar-refractivity contribution in [3.8, 4) is 0 Å². The molecule has 3 rings (SSSR count). The first-order valence-electron chi connectivity index (χ1n) is 6.53.